The zero-order valence-corrected chi connectivity index (χ0v) is 16.0. The van der Waals surface area contributed by atoms with Gasteiger partial charge in [-0.3, -0.25) is 9.79 Å². The number of nitrogens with two attached hydrogens (primary N) is 1. The molecular formula is C17H27IN4O. The number of rotatable bonds is 5. The van der Waals surface area contributed by atoms with Crippen molar-refractivity contribution in [2.75, 3.05) is 19.6 Å². The highest BCUT2D eigenvalue weighted by atomic mass is 127. The lowest BCUT2D eigenvalue weighted by atomic mass is 10.00. The molecule has 0 unspecified atom stereocenters. The molecule has 1 aromatic carbocycles. The highest BCUT2D eigenvalue weighted by Crippen LogP contribution is 2.15. The van der Waals surface area contributed by atoms with E-state index in [9.17, 15) is 4.79 Å². The number of amides is 1. The fraction of sp³-hybridized carbons (Fsp3) is 0.529. The summed E-state index contributed by atoms with van der Waals surface area (Å²) >= 11 is 0. The standard InChI is InChI=1S/C17H26N4O.HI/c1-14-8-11-21(12-9-14)17(18)19-10-7-16(22)20-13-15-5-3-2-4-6-15;/h2-6,14H,7-13H2,1H3,(H2,18,19)(H,20,22);1H. The van der Waals surface area contributed by atoms with Crippen LogP contribution in [0.3, 0.4) is 0 Å². The van der Waals surface area contributed by atoms with Crippen molar-refractivity contribution in [3.8, 4) is 0 Å². The maximum atomic E-state index is 11.8. The normalized spacial score (nSPS) is 15.9. The number of hydrogen-bond donors (Lipinski definition) is 2. The van der Waals surface area contributed by atoms with Gasteiger partial charge in [0.2, 0.25) is 5.91 Å². The Kier molecular flexibility index (Phi) is 8.98. The van der Waals surface area contributed by atoms with E-state index in [4.69, 9.17) is 5.73 Å². The van der Waals surface area contributed by atoms with Gasteiger partial charge in [-0.1, -0.05) is 37.3 Å². The molecule has 1 aliphatic heterocycles. The summed E-state index contributed by atoms with van der Waals surface area (Å²) in [6, 6.07) is 9.88. The van der Waals surface area contributed by atoms with Crippen molar-refractivity contribution in [3.05, 3.63) is 35.9 Å². The van der Waals surface area contributed by atoms with Gasteiger partial charge < -0.3 is 16.0 Å². The fourth-order valence-corrected chi connectivity index (χ4v) is 2.49. The average Bonchev–Trinajstić information content (AvgIpc) is 2.54. The largest absolute Gasteiger partial charge is 0.370 e. The summed E-state index contributed by atoms with van der Waals surface area (Å²) in [5.74, 6) is 1.35. The zero-order chi connectivity index (χ0) is 15.8. The number of hydrogen-bond acceptors (Lipinski definition) is 2. The minimum Gasteiger partial charge on any atom is -0.370 e. The molecule has 5 nitrogen and oxygen atoms in total. The number of benzene rings is 1. The summed E-state index contributed by atoms with van der Waals surface area (Å²) in [5, 5.41) is 2.90. The first-order valence-corrected chi connectivity index (χ1v) is 8.00. The van der Waals surface area contributed by atoms with Crippen molar-refractivity contribution < 1.29 is 4.79 Å². The third-order valence-corrected chi connectivity index (χ3v) is 4.05. The highest BCUT2D eigenvalue weighted by molar-refractivity contribution is 14.0. The van der Waals surface area contributed by atoms with Gasteiger partial charge >= 0.3 is 0 Å². The maximum absolute atomic E-state index is 11.8. The molecule has 3 N–H and O–H groups in total. The van der Waals surface area contributed by atoms with E-state index in [2.05, 4.69) is 22.1 Å². The maximum Gasteiger partial charge on any atom is 0.222 e. The smallest absolute Gasteiger partial charge is 0.222 e. The van der Waals surface area contributed by atoms with Crippen molar-refractivity contribution >= 4 is 35.8 Å². The molecule has 128 valence electrons. The summed E-state index contributed by atoms with van der Waals surface area (Å²) in [5.41, 5.74) is 7.09. The van der Waals surface area contributed by atoms with Gasteiger partial charge in [0, 0.05) is 26.1 Å². The van der Waals surface area contributed by atoms with Crippen LogP contribution in [0.2, 0.25) is 0 Å². The molecular weight excluding hydrogens is 403 g/mol. The highest BCUT2D eigenvalue weighted by Gasteiger charge is 2.16. The monoisotopic (exact) mass is 430 g/mol. The van der Waals surface area contributed by atoms with E-state index in [1.807, 2.05) is 30.3 Å². The van der Waals surface area contributed by atoms with E-state index in [1.54, 1.807) is 0 Å². The van der Waals surface area contributed by atoms with Gasteiger partial charge in [-0.05, 0) is 24.3 Å². The van der Waals surface area contributed by atoms with Gasteiger partial charge in [-0.25, -0.2) is 0 Å². The number of piperidine rings is 1. The summed E-state index contributed by atoms with van der Waals surface area (Å²) in [4.78, 5) is 18.2. The molecule has 2 rings (SSSR count). The molecule has 0 atom stereocenters. The van der Waals surface area contributed by atoms with Gasteiger partial charge in [-0.2, -0.15) is 0 Å². The molecule has 0 spiro atoms. The second-order valence-electron chi connectivity index (χ2n) is 5.92. The molecule has 1 fully saturated rings. The number of guanidine groups is 1. The zero-order valence-electron chi connectivity index (χ0n) is 13.7. The van der Waals surface area contributed by atoms with E-state index in [0.717, 1.165) is 37.4 Å². The molecule has 6 heteroatoms. The van der Waals surface area contributed by atoms with E-state index < -0.39 is 0 Å². The average molecular weight is 430 g/mol. The van der Waals surface area contributed by atoms with E-state index in [0.29, 0.717) is 25.5 Å². The Morgan fingerprint density at radius 3 is 2.61 bits per heavy atom. The van der Waals surface area contributed by atoms with E-state index in [-0.39, 0.29) is 29.9 Å². The van der Waals surface area contributed by atoms with E-state index >= 15 is 0 Å². The summed E-state index contributed by atoms with van der Waals surface area (Å²) < 4.78 is 0. The van der Waals surface area contributed by atoms with Crippen LogP contribution in [0.15, 0.2) is 35.3 Å². The van der Waals surface area contributed by atoms with Crippen LogP contribution in [0.25, 0.3) is 0 Å². The van der Waals surface area contributed by atoms with Crippen LogP contribution in [0.5, 0.6) is 0 Å². The number of nitrogens with one attached hydrogen (secondary N) is 1. The molecule has 1 saturated heterocycles. The first kappa shape index (κ1) is 19.7. The van der Waals surface area contributed by atoms with Crippen molar-refractivity contribution in [1.82, 2.24) is 10.2 Å². The Labute approximate surface area is 155 Å². The molecule has 0 radical (unpaired) electrons. The number of halogens is 1. The first-order chi connectivity index (χ1) is 10.6. The van der Waals surface area contributed by atoms with Crippen LogP contribution >= 0.6 is 24.0 Å². The van der Waals surface area contributed by atoms with E-state index in [1.165, 1.54) is 0 Å². The van der Waals surface area contributed by atoms with Crippen LogP contribution in [-0.2, 0) is 11.3 Å². The summed E-state index contributed by atoms with van der Waals surface area (Å²) in [7, 11) is 0. The van der Waals surface area contributed by atoms with Crippen molar-refractivity contribution in [2.24, 2.45) is 16.6 Å². The molecule has 1 aromatic rings. The molecule has 1 aliphatic rings. The molecule has 1 amide bonds. The molecule has 23 heavy (non-hydrogen) atoms. The number of aliphatic imine (C=N–C) groups is 1. The second kappa shape index (κ2) is 10.5. The second-order valence-corrected chi connectivity index (χ2v) is 5.92. The van der Waals surface area contributed by atoms with Gasteiger partial charge in [0.15, 0.2) is 5.96 Å². The SMILES string of the molecule is CC1CCN(C(N)=NCCC(=O)NCc2ccccc2)CC1.I. The predicted octanol–water partition coefficient (Wildman–Crippen LogP) is 2.36. The Bertz CT molecular complexity index is 499. The Hall–Kier alpha value is -1.31. The third kappa shape index (κ3) is 7.20. The van der Waals surface area contributed by atoms with Gasteiger partial charge in [-0.15, -0.1) is 24.0 Å². The topological polar surface area (TPSA) is 70.7 Å². The molecule has 0 aliphatic carbocycles. The van der Waals surface area contributed by atoms with Crippen LogP contribution in [0.4, 0.5) is 0 Å². The minimum absolute atomic E-state index is 0. The Balaban J connectivity index is 0.00000264. The molecule has 0 bridgehead atoms. The van der Waals surface area contributed by atoms with Gasteiger partial charge in [0.1, 0.15) is 0 Å². The van der Waals surface area contributed by atoms with Crippen LogP contribution < -0.4 is 11.1 Å². The Morgan fingerprint density at radius 2 is 1.96 bits per heavy atom. The molecule has 0 aromatic heterocycles. The Morgan fingerprint density at radius 1 is 1.30 bits per heavy atom. The summed E-state index contributed by atoms with van der Waals surface area (Å²) in [6.45, 7) is 5.20. The fourth-order valence-electron chi connectivity index (χ4n) is 2.49. The van der Waals surface area contributed by atoms with Gasteiger partial charge in [0.05, 0.1) is 6.54 Å². The quantitative estimate of drug-likeness (QED) is 0.428. The van der Waals surface area contributed by atoms with Crippen LogP contribution in [0, 0.1) is 5.92 Å². The number of carbonyl (C=O) groups excluding carboxylic acids is 1. The third-order valence-electron chi connectivity index (χ3n) is 4.05. The van der Waals surface area contributed by atoms with Crippen LogP contribution in [0.1, 0.15) is 31.7 Å². The van der Waals surface area contributed by atoms with Crippen LogP contribution in [-0.4, -0.2) is 36.4 Å². The first-order valence-electron chi connectivity index (χ1n) is 8.00. The number of nitrogens with zero attached hydrogens (tertiary/aromatic N) is 2. The number of carbonyl (C=O) groups is 1. The lowest BCUT2D eigenvalue weighted by Gasteiger charge is -2.31. The minimum atomic E-state index is 0. The van der Waals surface area contributed by atoms with Crippen molar-refractivity contribution in [2.45, 2.75) is 32.7 Å². The number of likely N-dealkylation sites (tertiary alicyclic amines) is 1. The predicted molar refractivity (Wildman–Crippen MR) is 105 cm³/mol. The molecule has 1 heterocycles. The lowest BCUT2D eigenvalue weighted by molar-refractivity contribution is -0.121. The van der Waals surface area contributed by atoms with Crippen molar-refractivity contribution in [1.29, 1.82) is 0 Å². The van der Waals surface area contributed by atoms with Crippen molar-refractivity contribution in [3.63, 3.8) is 0 Å². The molecule has 0 saturated carbocycles. The summed E-state index contributed by atoms with van der Waals surface area (Å²) in [6.07, 6.45) is 2.69. The van der Waals surface area contributed by atoms with Gasteiger partial charge in [0.25, 0.3) is 0 Å². The lowest BCUT2D eigenvalue weighted by Crippen LogP contribution is -2.42.